The molecule has 2 aromatic heterocycles. The quantitative estimate of drug-likeness (QED) is 0.336. The molecule has 0 aliphatic carbocycles. The summed E-state index contributed by atoms with van der Waals surface area (Å²) < 4.78 is 0. The molecule has 0 saturated heterocycles. The molecule has 38 heavy (non-hydrogen) atoms. The Morgan fingerprint density at radius 2 is 1.42 bits per heavy atom. The molecule has 192 valence electrons. The van der Waals surface area contributed by atoms with Crippen molar-refractivity contribution in [3.05, 3.63) is 114 Å². The number of hydrogen-bond acceptors (Lipinski definition) is 5. The number of carbonyl (C=O) groups is 3. The van der Waals surface area contributed by atoms with Crippen LogP contribution in [0.2, 0.25) is 0 Å². The number of carboxylic acids is 1. The molecule has 2 aromatic carbocycles. The van der Waals surface area contributed by atoms with Crippen LogP contribution in [0.4, 0.5) is 5.69 Å². The molecule has 0 atom stereocenters. The molecule has 4 aromatic rings. The molecule has 1 N–H and O–H groups in total. The summed E-state index contributed by atoms with van der Waals surface area (Å²) in [6, 6.07) is 23.3. The van der Waals surface area contributed by atoms with Crippen molar-refractivity contribution < 1.29 is 19.5 Å². The number of benzene rings is 2. The van der Waals surface area contributed by atoms with E-state index in [0.717, 1.165) is 5.69 Å². The van der Waals surface area contributed by atoms with Gasteiger partial charge in [-0.25, -0.2) is 0 Å². The van der Waals surface area contributed by atoms with Gasteiger partial charge in [-0.3, -0.25) is 24.4 Å². The van der Waals surface area contributed by atoms with Gasteiger partial charge in [0, 0.05) is 55.8 Å². The van der Waals surface area contributed by atoms with Crippen LogP contribution in [0.25, 0.3) is 11.1 Å². The summed E-state index contributed by atoms with van der Waals surface area (Å²) in [6.45, 7) is 0.363. The maximum atomic E-state index is 13.8. The average Bonchev–Trinajstić information content (AvgIpc) is 2.97. The first-order valence-corrected chi connectivity index (χ1v) is 12.2. The Balaban J connectivity index is 1.67. The molecular weight excluding hydrogens is 480 g/mol. The summed E-state index contributed by atoms with van der Waals surface area (Å²) in [5.74, 6) is -1.53. The van der Waals surface area contributed by atoms with Crippen LogP contribution in [0.1, 0.15) is 32.8 Å². The maximum absolute atomic E-state index is 13.8. The lowest BCUT2D eigenvalue weighted by Crippen LogP contribution is -2.35. The van der Waals surface area contributed by atoms with E-state index in [2.05, 4.69) is 9.97 Å². The Morgan fingerprint density at radius 3 is 2.03 bits per heavy atom. The Morgan fingerprint density at radius 1 is 0.763 bits per heavy atom. The van der Waals surface area contributed by atoms with Gasteiger partial charge in [0.25, 0.3) is 11.8 Å². The predicted octanol–water partition coefficient (Wildman–Crippen LogP) is 4.58. The van der Waals surface area contributed by atoms with Crippen molar-refractivity contribution in [3.8, 4) is 11.1 Å². The first-order chi connectivity index (χ1) is 18.5. The second-order valence-corrected chi connectivity index (χ2v) is 8.67. The molecule has 4 rings (SSSR count). The van der Waals surface area contributed by atoms with Crippen molar-refractivity contribution in [1.29, 1.82) is 0 Å². The zero-order chi connectivity index (χ0) is 26.9. The molecule has 0 spiro atoms. The summed E-state index contributed by atoms with van der Waals surface area (Å²) in [7, 11) is 1.68. The van der Waals surface area contributed by atoms with Gasteiger partial charge < -0.3 is 14.9 Å². The molecule has 0 aliphatic heterocycles. The number of carbonyl (C=O) groups excluding carboxylic acids is 2. The van der Waals surface area contributed by atoms with E-state index in [1.54, 1.807) is 68.1 Å². The molecule has 2 amide bonds. The Hall–Kier alpha value is -4.85. The van der Waals surface area contributed by atoms with Crippen LogP contribution in [0.15, 0.2) is 97.5 Å². The van der Waals surface area contributed by atoms with E-state index >= 15 is 0 Å². The molecule has 0 radical (unpaired) electrons. The lowest BCUT2D eigenvalue weighted by Gasteiger charge is -2.24. The predicted molar refractivity (Wildman–Crippen MR) is 145 cm³/mol. The number of hydrogen-bond donors (Lipinski definition) is 1. The van der Waals surface area contributed by atoms with E-state index in [9.17, 15) is 19.5 Å². The van der Waals surface area contributed by atoms with Crippen molar-refractivity contribution in [2.24, 2.45) is 0 Å². The zero-order valence-electron chi connectivity index (χ0n) is 21.0. The number of nitrogens with zero attached hydrogens (tertiary/aromatic N) is 4. The van der Waals surface area contributed by atoms with Crippen molar-refractivity contribution in [2.75, 3.05) is 25.0 Å². The SMILES string of the molecule is CN(C(=O)c1ccccc1-c1ccccc1C(=O)N(CCC(=O)O)CCc1ccccn1)c1cccnc1. The number of amides is 2. The number of rotatable bonds is 10. The number of pyridine rings is 2. The van der Waals surface area contributed by atoms with E-state index in [0.29, 0.717) is 40.9 Å². The number of aliphatic carboxylic acids is 1. The highest BCUT2D eigenvalue weighted by Crippen LogP contribution is 2.30. The Bertz CT molecular complexity index is 1410. The van der Waals surface area contributed by atoms with Crippen molar-refractivity contribution in [2.45, 2.75) is 12.8 Å². The maximum Gasteiger partial charge on any atom is 0.305 e. The van der Waals surface area contributed by atoms with Crippen LogP contribution in [0, 0.1) is 0 Å². The number of carboxylic acid groups (broad SMARTS) is 1. The minimum atomic E-state index is -0.983. The van der Waals surface area contributed by atoms with Crippen LogP contribution in [-0.4, -0.2) is 57.9 Å². The molecule has 0 bridgehead atoms. The van der Waals surface area contributed by atoms with Gasteiger partial charge in [-0.2, -0.15) is 0 Å². The smallest absolute Gasteiger partial charge is 0.305 e. The summed E-state index contributed by atoms with van der Waals surface area (Å²) in [4.78, 5) is 50.1. The lowest BCUT2D eigenvalue weighted by atomic mass is 9.94. The summed E-state index contributed by atoms with van der Waals surface area (Å²) in [5, 5.41) is 9.28. The summed E-state index contributed by atoms with van der Waals surface area (Å²) in [6.07, 6.45) is 5.24. The summed E-state index contributed by atoms with van der Waals surface area (Å²) in [5.41, 5.74) is 3.49. The highest BCUT2D eigenvalue weighted by Gasteiger charge is 2.24. The summed E-state index contributed by atoms with van der Waals surface area (Å²) >= 11 is 0. The van der Waals surface area contributed by atoms with Gasteiger partial charge in [0.1, 0.15) is 0 Å². The highest BCUT2D eigenvalue weighted by molar-refractivity contribution is 6.11. The van der Waals surface area contributed by atoms with Gasteiger partial charge in [-0.1, -0.05) is 42.5 Å². The molecule has 0 saturated carbocycles. The van der Waals surface area contributed by atoms with Crippen LogP contribution in [0.3, 0.4) is 0 Å². The molecule has 8 nitrogen and oxygen atoms in total. The average molecular weight is 509 g/mol. The van der Waals surface area contributed by atoms with Crippen LogP contribution >= 0.6 is 0 Å². The third-order valence-corrected chi connectivity index (χ3v) is 6.19. The van der Waals surface area contributed by atoms with Crippen LogP contribution in [-0.2, 0) is 11.2 Å². The minimum Gasteiger partial charge on any atom is -0.481 e. The van der Waals surface area contributed by atoms with Crippen molar-refractivity contribution >= 4 is 23.5 Å². The van der Waals surface area contributed by atoms with Crippen LogP contribution < -0.4 is 4.90 Å². The van der Waals surface area contributed by atoms with Gasteiger partial charge in [0.05, 0.1) is 18.3 Å². The first-order valence-electron chi connectivity index (χ1n) is 12.2. The zero-order valence-corrected chi connectivity index (χ0v) is 21.0. The topological polar surface area (TPSA) is 104 Å². The van der Waals surface area contributed by atoms with Gasteiger partial charge in [-0.05, 0) is 47.5 Å². The van der Waals surface area contributed by atoms with Crippen molar-refractivity contribution in [1.82, 2.24) is 14.9 Å². The molecule has 0 aliphatic rings. The van der Waals surface area contributed by atoms with E-state index in [1.165, 1.54) is 9.80 Å². The number of aromatic nitrogens is 2. The van der Waals surface area contributed by atoms with E-state index in [4.69, 9.17) is 0 Å². The van der Waals surface area contributed by atoms with Gasteiger partial charge in [-0.15, -0.1) is 0 Å². The lowest BCUT2D eigenvalue weighted by molar-refractivity contribution is -0.137. The third kappa shape index (κ3) is 6.28. The van der Waals surface area contributed by atoms with E-state index in [1.807, 2.05) is 36.4 Å². The second kappa shape index (κ2) is 12.4. The fourth-order valence-electron chi connectivity index (χ4n) is 4.17. The molecule has 0 unspecified atom stereocenters. The fraction of sp³-hybridized carbons (Fsp3) is 0.167. The van der Waals surface area contributed by atoms with Crippen LogP contribution in [0.5, 0.6) is 0 Å². The number of anilines is 1. The second-order valence-electron chi connectivity index (χ2n) is 8.67. The minimum absolute atomic E-state index is 0.0552. The Labute approximate surface area is 221 Å². The highest BCUT2D eigenvalue weighted by atomic mass is 16.4. The van der Waals surface area contributed by atoms with Gasteiger partial charge >= 0.3 is 5.97 Å². The first kappa shape index (κ1) is 26.2. The molecule has 0 fully saturated rings. The fourth-order valence-corrected chi connectivity index (χ4v) is 4.17. The molecule has 2 heterocycles. The normalized spacial score (nSPS) is 10.6. The van der Waals surface area contributed by atoms with Gasteiger partial charge in [0.15, 0.2) is 0 Å². The standard InChI is InChI=1S/C30H28N4O4/c1-33(23-10-8-17-31-21-23)29(37)26-13-4-2-11-24(26)25-12-3-5-14-27(25)30(38)34(20-16-28(35)36)19-15-22-9-6-7-18-32-22/h2-14,17-18,21H,15-16,19-20H2,1H3,(H,35,36). The Kier molecular flexibility index (Phi) is 8.56. The monoisotopic (exact) mass is 508 g/mol. The largest absolute Gasteiger partial charge is 0.481 e. The molecular formula is C30H28N4O4. The van der Waals surface area contributed by atoms with Crippen molar-refractivity contribution in [3.63, 3.8) is 0 Å². The van der Waals surface area contributed by atoms with E-state index < -0.39 is 5.97 Å². The molecule has 8 heteroatoms. The van der Waals surface area contributed by atoms with Gasteiger partial charge in [0.2, 0.25) is 0 Å². The third-order valence-electron chi connectivity index (χ3n) is 6.19. The van der Waals surface area contributed by atoms with E-state index in [-0.39, 0.29) is 24.8 Å².